The number of benzene rings is 1. The Kier molecular flexibility index (Phi) is 5.53. The summed E-state index contributed by atoms with van der Waals surface area (Å²) in [5.74, 6) is -2.20. The number of nitrogens with zero attached hydrogens (tertiary/aromatic N) is 3. The number of aromatic nitrogens is 2. The highest BCUT2D eigenvalue weighted by molar-refractivity contribution is 5.94. The number of aryl methyl sites for hydroxylation is 1. The van der Waals surface area contributed by atoms with Crippen molar-refractivity contribution in [3.8, 4) is 11.3 Å². The normalized spacial score (nSPS) is 17.4. The van der Waals surface area contributed by atoms with Gasteiger partial charge in [0.15, 0.2) is 0 Å². The van der Waals surface area contributed by atoms with Crippen LogP contribution in [0, 0.1) is 18.6 Å². The van der Waals surface area contributed by atoms with Gasteiger partial charge in [-0.2, -0.15) is 0 Å². The number of carbonyl (C=O) groups excluding carboxylic acids is 1. The number of rotatable bonds is 4. The zero-order chi connectivity index (χ0) is 21.4. The van der Waals surface area contributed by atoms with Crippen LogP contribution in [0.5, 0.6) is 0 Å². The highest BCUT2D eigenvalue weighted by Gasteiger charge is 2.26. The van der Waals surface area contributed by atoms with Crippen molar-refractivity contribution in [2.24, 2.45) is 0 Å². The number of imidazole rings is 1. The molecule has 0 radical (unpaired) electrons. The minimum atomic E-state index is -0.823. The fourth-order valence-corrected chi connectivity index (χ4v) is 3.87. The predicted octanol–water partition coefficient (Wildman–Crippen LogP) is 2.82. The van der Waals surface area contributed by atoms with Gasteiger partial charge in [-0.25, -0.2) is 13.8 Å². The van der Waals surface area contributed by atoms with Crippen LogP contribution in [-0.2, 0) is 11.2 Å². The van der Waals surface area contributed by atoms with Crippen LogP contribution in [0.4, 0.5) is 8.78 Å². The molecule has 6 nitrogen and oxygen atoms in total. The molecular formula is C22H24F2N4O2. The van der Waals surface area contributed by atoms with Gasteiger partial charge in [0.25, 0.3) is 5.91 Å². The third-order valence-electron chi connectivity index (χ3n) is 5.41. The molecule has 0 aliphatic carbocycles. The molecule has 1 aliphatic heterocycles. The second-order valence-electron chi connectivity index (χ2n) is 7.69. The highest BCUT2D eigenvalue weighted by Crippen LogP contribution is 2.32. The molecule has 30 heavy (non-hydrogen) atoms. The van der Waals surface area contributed by atoms with E-state index in [0.29, 0.717) is 24.4 Å². The van der Waals surface area contributed by atoms with Crippen molar-refractivity contribution < 1.29 is 18.3 Å². The van der Waals surface area contributed by atoms with Gasteiger partial charge in [-0.15, -0.1) is 0 Å². The summed E-state index contributed by atoms with van der Waals surface area (Å²) in [4.78, 5) is 18.5. The van der Waals surface area contributed by atoms with Gasteiger partial charge in [0.05, 0.1) is 29.7 Å². The molecule has 1 atom stereocenters. The second kappa shape index (κ2) is 8.12. The van der Waals surface area contributed by atoms with E-state index in [1.807, 2.05) is 36.7 Å². The number of halogens is 2. The van der Waals surface area contributed by atoms with E-state index >= 15 is 8.78 Å². The molecule has 8 heteroatoms. The quantitative estimate of drug-likeness (QED) is 0.713. The molecule has 0 bridgehead atoms. The molecule has 1 amide bonds. The molecule has 1 N–H and O–H groups in total. The molecule has 3 aromatic rings. The molecule has 3 heterocycles. The fourth-order valence-electron chi connectivity index (χ4n) is 3.87. The fraction of sp³-hybridized carbons (Fsp3) is 0.364. The lowest BCUT2D eigenvalue weighted by Crippen LogP contribution is -2.41. The summed E-state index contributed by atoms with van der Waals surface area (Å²) in [7, 11) is 3.43. The molecule has 158 valence electrons. The van der Waals surface area contributed by atoms with E-state index in [0.717, 1.165) is 30.8 Å². The number of nitrogens with one attached hydrogen (secondary N) is 1. The standard InChI is InChI=1S/C22H24F2N4O2/c1-13-4-5-28-18(11-15-12-27(3)6-7-30-15)21(26-19(28)8-13)20-16(23)9-14(10-17(20)24)22(29)25-2/h4-5,8-10,15H,6-7,11-12H2,1-3H3,(H,25,29). The van der Waals surface area contributed by atoms with E-state index in [1.165, 1.54) is 7.05 Å². The smallest absolute Gasteiger partial charge is 0.251 e. The van der Waals surface area contributed by atoms with Gasteiger partial charge in [0, 0.05) is 38.3 Å². The van der Waals surface area contributed by atoms with Crippen LogP contribution >= 0.6 is 0 Å². The minimum absolute atomic E-state index is 0.0744. The SMILES string of the molecule is CNC(=O)c1cc(F)c(-c2nc3cc(C)ccn3c2CC2CN(C)CCO2)c(F)c1. The summed E-state index contributed by atoms with van der Waals surface area (Å²) in [5, 5.41) is 2.38. The Morgan fingerprint density at radius 3 is 2.70 bits per heavy atom. The first-order valence-electron chi connectivity index (χ1n) is 9.86. The number of fused-ring (bicyclic) bond motifs is 1. The van der Waals surface area contributed by atoms with Crippen LogP contribution in [0.1, 0.15) is 21.6 Å². The van der Waals surface area contributed by atoms with Crippen LogP contribution < -0.4 is 5.32 Å². The number of likely N-dealkylation sites (N-methyl/N-ethyl adjacent to an activating group) is 1. The number of pyridine rings is 1. The number of amides is 1. The van der Waals surface area contributed by atoms with Crippen molar-refractivity contribution in [1.29, 1.82) is 0 Å². The van der Waals surface area contributed by atoms with Crippen LogP contribution in [-0.4, -0.2) is 60.1 Å². The first kappa shape index (κ1) is 20.4. The van der Waals surface area contributed by atoms with Gasteiger partial charge < -0.3 is 19.4 Å². The average molecular weight is 414 g/mol. The summed E-state index contributed by atoms with van der Waals surface area (Å²) in [6.45, 7) is 4.11. The summed E-state index contributed by atoms with van der Waals surface area (Å²) in [5.41, 5.74) is 2.21. The third kappa shape index (κ3) is 3.80. The van der Waals surface area contributed by atoms with Gasteiger partial charge in [0.1, 0.15) is 17.3 Å². The number of carbonyl (C=O) groups is 1. The van der Waals surface area contributed by atoms with E-state index in [1.54, 1.807) is 0 Å². The summed E-state index contributed by atoms with van der Waals surface area (Å²) < 4.78 is 37.8. The predicted molar refractivity (Wildman–Crippen MR) is 110 cm³/mol. The number of hydrogen-bond donors (Lipinski definition) is 1. The van der Waals surface area contributed by atoms with Gasteiger partial charge in [-0.1, -0.05) is 0 Å². The van der Waals surface area contributed by atoms with Crippen molar-refractivity contribution in [3.63, 3.8) is 0 Å². The minimum Gasteiger partial charge on any atom is -0.375 e. The van der Waals surface area contributed by atoms with Crippen molar-refractivity contribution >= 4 is 11.6 Å². The topological polar surface area (TPSA) is 58.9 Å². The van der Waals surface area contributed by atoms with Crippen LogP contribution in [0.25, 0.3) is 16.9 Å². The Hall–Kier alpha value is -2.84. The number of ether oxygens (including phenoxy) is 1. The Balaban J connectivity index is 1.85. The Morgan fingerprint density at radius 1 is 1.30 bits per heavy atom. The van der Waals surface area contributed by atoms with Gasteiger partial charge in [-0.3, -0.25) is 4.79 Å². The molecule has 0 saturated carbocycles. The largest absolute Gasteiger partial charge is 0.375 e. The lowest BCUT2D eigenvalue weighted by molar-refractivity contribution is -0.0190. The van der Waals surface area contributed by atoms with Crippen LogP contribution in [0.2, 0.25) is 0 Å². The lowest BCUT2D eigenvalue weighted by Gasteiger charge is -2.30. The molecule has 1 unspecified atom stereocenters. The van der Waals surface area contributed by atoms with E-state index in [-0.39, 0.29) is 22.9 Å². The lowest BCUT2D eigenvalue weighted by atomic mass is 10.0. The van der Waals surface area contributed by atoms with Crippen LogP contribution in [0.3, 0.4) is 0 Å². The summed E-state index contributed by atoms with van der Waals surface area (Å²) in [6, 6.07) is 5.88. The van der Waals surface area contributed by atoms with Crippen molar-refractivity contribution in [1.82, 2.24) is 19.6 Å². The van der Waals surface area contributed by atoms with E-state index in [9.17, 15) is 4.79 Å². The van der Waals surface area contributed by atoms with Crippen molar-refractivity contribution in [2.75, 3.05) is 33.8 Å². The van der Waals surface area contributed by atoms with E-state index in [4.69, 9.17) is 4.74 Å². The average Bonchev–Trinajstić information content (AvgIpc) is 3.03. The maximum atomic E-state index is 15.0. The molecule has 2 aromatic heterocycles. The Morgan fingerprint density at radius 2 is 2.03 bits per heavy atom. The van der Waals surface area contributed by atoms with E-state index < -0.39 is 17.5 Å². The third-order valence-corrected chi connectivity index (χ3v) is 5.41. The molecule has 0 spiro atoms. The van der Waals surface area contributed by atoms with E-state index in [2.05, 4.69) is 15.2 Å². The van der Waals surface area contributed by atoms with Gasteiger partial charge in [0.2, 0.25) is 0 Å². The summed E-state index contributed by atoms with van der Waals surface area (Å²) in [6.07, 6.45) is 2.21. The van der Waals surface area contributed by atoms with Crippen molar-refractivity contribution in [3.05, 3.63) is 58.9 Å². The zero-order valence-corrected chi connectivity index (χ0v) is 17.2. The maximum absolute atomic E-state index is 15.0. The molecule has 4 rings (SSSR count). The van der Waals surface area contributed by atoms with Crippen LogP contribution in [0.15, 0.2) is 30.5 Å². The zero-order valence-electron chi connectivity index (χ0n) is 17.2. The summed E-state index contributed by atoms with van der Waals surface area (Å²) >= 11 is 0. The molecular weight excluding hydrogens is 390 g/mol. The van der Waals surface area contributed by atoms with Gasteiger partial charge >= 0.3 is 0 Å². The first-order chi connectivity index (χ1) is 14.4. The molecule has 1 fully saturated rings. The Bertz CT molecular complexity index is 1090. The molecule has 1 aliphatic rings. The highest BCUT2D eigenvalue weighted by atomic mass is 19.1. The first-order valence-corrected chi connectivity index (χ1v) is 9.86. The number of hydrogen-bond acceptors (Lipinski definition) is 4. The monoisotopic (exact) mass is 414 g/mol. The second-order valence-corrected chi connectivity index (χ2v) is 7.69. The van der Waals surface area contributed by atoms with Gasteiger partial charge in [-0.05, 0) is 43.8 Å². The number of morpholine rings is 1. The molecule has 1 saturated heterocycles. The maximum Gasteiger partial charge on any atom is 0.251 e. The van der Waals surface area contributed by atoms with Crippen molar-refractivity contribution in [2.45, 2.75) is 19.4 Å². The Labute approximate surface area is 173 Å². The molecule has 1 aromatic carbocycles.